The SMILES string of the molecule is O=C(Nc1n[nH]c(-c2ccc(F)cc2)c1-c1ccncc1)c1cccs1. The predicted octanol–water partition coefficient (Wildman–Crippen LogP) is 4.59. The molecule has 0 bridgehead atoms. The maximum Gasteiger partial charge on any atom is 0.266 e. The number of rotatable bonds is 4. The molecule has 2 N–H and O–H groups in total. The van der Waals surface area contributed by atoms with E-state index in [-0.39, 0.29) is 11.7 Å². The Hall–Kier alpha value is -3.32. The van der Waals surface area contributed by atoms with Crippen LogP contribution >= 0.6 is 11.3 Å². The quantitative estimate of drug-likeness (QED) is 0.556. The number of pyridine rings is 1. The van der Waals surface area contributed by atoms with E-state index in [2.05, 4.69) is 20.5 Å². The first-order chi connectivity index (χ1) is 12.7. The number of aromatic nitrogens is 3. The number of nitrogens with zero attached hydrogens (tertiary/aromatic N) is 2. The van der Waals surface area contributed by atoms with E-state index < -0.39 is 0 Å². The summed E-state index contributed by atoms with van der Waals surface area (Å²) >= 11 is 1.36. The van der Waals surface area contributed by atoms with Gasteiger partial charge in [-0.1, -0.05) is 6.07 Å². The molecule has 0 aliphatic carbocycles. The van der Waals surface area contributed by atoms with Crippen molar-refractivity contribution in [1.82, 2.24) is 15.2 Å². The van der Waals surface area contributed by atoms with Crippen molar-refractivity contribution < 1.29 is 9.18 Å². The molecule has 0 atom stereocenters. The minimum absolute atomic E-state index is 0.229. The molecule has 128 valence electrons. The van der Waals surface area contributed by atoms with Crippen LogP contribution in [0.1, 0.15) is 9.67 Å². The Kier molecular flexibility index (Phi) is 4.28. The molecule has 26 heavy (non-hydrogen) atoms. The Morgan fingerprint density at radius 2 is 1.81 bits per heavy atom. The number of H-pyrrole nitrogens is 1. The smallest absolute Gasteiger partial charge is 0.266 e. The second-order valence-corrected chi connectivity index (χ2v) is 6.44. The number of carbonyl (C=O) groups is 1. The molecule has 0 fully saturated rings. The summed E-state index contributed by atoms with van der Waals surface area (Å²) in [4.78, 5) is 17.1. The van der Waals surface area contributed by atoms with Crippen LogP contribution in [0.5, 0.6) is 0 Å². The summed E-state index contributed by atoms with van der Waals surface area (Å²) in [5.74, 6) is -0.133. The van der Waals surface area contributed by atoms with Gasteiger partial charge < -0.3 is 5.32 Å². The minimum atomic E-state index is -0.315. The van der Waals surface area contributed by atoms with E-state index in [1.165, 1.54) is 23.5 Å². The number of aromatic amines is 1. The summed E-state index contributed by atoms with van der Waals surface area (Å²) in [6.45, 7) is 0. The minimum Gasteiger partial charge on any atom is -0.304 e. The van der Waals surface area contributed by atoms with Gasteiger partial charge in [-0.15, -0.1) is 11.3 Å². The first-order valence-corrected chi connectivity index (χ1v) is 8.70. The van der Waals surface area contributed by atoms with E-state index in [1.807, 2.05) is 23.6 Å². The first-order valence-electron chi connectivity index (χ1n) is 7.82. The van der Waals surface area contributed by atoms with Crippen molar-refractivity contribution >= 4 is 23.1 Å². The zero-order valence-corrected chi connectivity index (χ0v) is 14.3. The molecule has 3 heterocycles. The Balaban J connectivity index is 1.79. The topological polar surface area (TPSA) is 70.7 Å². The first kappa shape index (κ1) is 16.2. The van der Waals surface area contributed by atoms with Crippen LogP contribution in [-0.2, 0) is 0 Å². The monoisotopic (exact) mass is 364 g/mol. The third-order valence-corrected chi connectivity index (χ3v) is 4.71. The zero-order valence-electron chi connectivity index (χ0n) is 13.4. The number of nitrogens with one attached hydrogen (secondary N) is 2. The Bertz CT molecular complexity index is 1030. The number of halogens is 1. The lowest BCUT2D eigenvalue weighted by molar-refractivity contribution is 0.103. The van der Waals surface area contributed by atoms with E-state index in [9.17, 15) is 9.18 Å². The molecule has 0 saturated carbocycles. The lowest BCUT2D eigenvalue weighted by Crippen LogP contribution is -2.11. The van der Waals surface area contributed by atoms with Gasteiger partial charge in [0, 0.05) is 18.0 Å². The molecule has 0 unspecified atom stereocenters. The summed E-state index contributed by atoms with van der Waals surface area (Å²) < 4.78 is 13.3. The van der Waals surface area contributed by atoms with Gasteiger partial charge in [0.15, 0.2) is 5.82 Å². The summed E-state index contributed by atoms with van der Waals surface area (Å²) in [7, 11) is 0. The van der Waals surface area contributed by atoms with E-state index in [1.54, 1.807) is 30.6 Å². The van der Waals surface area contributed by atoms with Crippen molar-refractivity contribution in [3.8, 4) is 22.4 Å². The van der Waals surface area contributed by atoms with Gasteiger partial charge in [0.2, 0.25) is 0 Å². The summed E-state index contributed by atoms with van der Waals surface area (Å²) in [5, 5.41) is 11.9. The largest absolute Gasteiger partial charge is 0.304 e. The normalized spacial score (nSPS) is 10.7. The molecule has 0 radical (unpaired) electrons. The van der Waals surface area contributed by atoms with Gasteiger partial charge in [0.05, 0.1) is 16.1 Å². The van der Waals surface area contributed by atoms with Gasteiger partial charge >= 0.3 is 0 Å². The molecule has 4 aromatic rings. The summed E-state index contributed by atoms with van der Waals surface area (Å²) in [5.41, 5.74) is 3.03. The molecule has 0 saturated heterocycles. The van der Waals surface area contributed by atoms with E-state index in [0.717, 1.165) is 16.7 Å². The lowest BCUT2D eigenvalue weighted by Gasteiger charge is -2.07. The number of anilines is 1. The van der Waals surface area contributed by atoms with Crippen molar-refractivity contribution in [2.75, 3.05) is 5.32 Å². The Labute approximate surface area is 152 Å². The average molecular weight is 364 g/mol. The molecule has 5 nitrogen and oxygen atoms in total. The second kappa shape index (κ2) is 6.89. The number of amides is 1. The van der Waals surface area contributed by atoms with Crippen molar-refractivity contribution in [2.45, 2.75) is 0 Å². The van der Waals surface area contributed by atoms with Crippen LogP contribution in [-0.4, -0.2) is 21.1 Å². The van der Waals surface area contributed by atoms with Gasteiger partial charge in [-0.25, -0.2) is 4.39 Å². The molecule has 4 rings (SSSR count). The Morgan fingerprint density at radius 3 is 2.50 bits per heavy atom. The maximum atomic E-state index is 13.3. The van der Waals surface area contributed by atoms with Crippen LogP contribution in [0, 0.1) is 5.82 Å². The highest BCUT2D eigenvalue weighted by Crippen LogP contribution is 2.36. The average Bonchev–Trinajstić information content (AvgIpc) is 3.33. The third-order valence-electron chi connectivity index (χ3n) is 3.85. The van der Waals surface area contributed by atoms with Crippen molar-refractivity contribution in [3.63, 3.8) is 0 Å². The molecular weight excluding hydrogens is 351 g/mol. The molecule has 0 aliphatic heterocycles. The fourth-order valence-electron chi connectivity index (χ4n) is 2.63. The standard InChI is InChI=1S/C19H13FN4OS/c20-14-5-3-13(4-6-14)17-16(12-7-9-21-10-8-12)18(24-23-17)22-19(25)15-2-1-11-26-15/h1-11H,(H2,22,23,24,25). The molecule has 3 aromatic heterocycles. The van der Waals surface area contributed by atoms with Crippen LogP contribution in [0.15, 0.2) is 66.3 Å². The number of carbonyl (C=O) groups excluding carboxylic acids is 1. The summed E-state index contributed by atoms with van der Waals surface area (Å²) in [6, 6.07) is 13.3. The van der Waals surface area contributed by atoms with Crippen LogP contribution in [0.3, 0.4) is 0 Å². The highest BCUT2D eigenvalue weighted by atomic mass is 32.1. The number of benzene rings is 1. The number of hydrogen-bond acceptors (Lipinski definition) is 4. The van der Waals surface area contributed by atoms with Gasteiger partial charge in [-0.05, 0) is 53.4 Å². The molecule has 7 heteroatoms. The van der Waals surface area contributed by atoms with Gasteiger partial charge in [0.25, 0.3) is 5.91 Å². The molecule has 1 aromatic carbocycles. The predicted molar refractivity (Wildman–Crippen MR) is 99.5 cm³/mol. The number of hydrogen-bond donors (Lipinski definition) is 2. The van der Waals surface area contributed by atoms with Crippen molar-refractivity contribution in [1.29, 1.82) is 0 Å². The third kappa shape index (κ3) is 3.12. The fraction of sp³-hybridized carbons (Fsp3) is 0. The van der Waals surface area contributed by atoms with Crippen molar-refractivity contribution in [3.05, 3.63) is 77.0 Å². The van der Waals surface area contributed by atoms with E-state index >= 15 is 0 Å². The number of thiophene rings is 1. The Morgan fingerprint density at radius 1 is 1.04 bits per heavy atom. The van der Waals surface area contributed by atoms with Crippen LogP contribution in [0.25, 0.3) is 22.4 Å². The van der Waals surface area contributed by atoms with Gasteiger partial charge in [-0.2, -0.15) is 5.10 Å². The maximum absolute atomic E-state index is 13.3. The van der Waals surface area contributed by atoms with E-state index in [0.29, 0.717) is 16.4 Å². The van der Waals surface area contributed by atoms with Crippen LogP contribution < -0.4 is 5.32 Å². The summed E-state index contributed by atoms with van der Waals surface area (Å²) in [6.07, 6.45) is 3.34. The van der Waals surface area contributed by atoms with E-state index in [4.69, 9.17) is 0 Å². The molecule has 0 spiro atoms. The zero-order chi connectivity index (χ0) is 17.9. The second-order valence-electron chi connectivity index (χ2n) is 5.50. The molecule has 0 aliphatic rings. The lowest BCUT2D eigenvalue weighted by atomic mass is 10.0. The van der Waals surface area contributed by atoms with Crippen LogP contribution in [0.4, 0.5) is 10.2 Å². The molecule has 1 amide bonds. The van der Waals surface area contributed by atoms with Gasteiger partial charge in [-0.3, -0.25) is 14.9 Å². The van der Waals surface area contributed by atoms with Gasteiger partial charge in [0.1, 0.15) is 5.82 Å². The molecular formula is C19H13FN4OS. The fourth-order valence-corrected chi connectivity index (χ4v) is 3.25. The highest BCUT2D eigenvalue weighted by molar-refractivity contribution is 7.12. The highest BCUT2D eigenvalue weighted by Gasteiger charge is 2.19. The van der Waals surface area contributed by atoms with Crippen LogP contribution in [0.2, 0.25) is 0 Å². The van der Waals surface area contributed by atoms with Crippen molar-refractivity contribution in [2.24, 2.45) is 0 Å².